The molecule has 0 aromatic heterocycles. The molecule has 0 radical (unpaired) electrons. The lowest BCUT2D eigenvalue weighted by molar-refractivity contribution is 0.156. The SMILES string of the molecule is CC(C)(CO)CNC(=O)NC1(c2cccc(N)c2)CC1. The molecule has 5 N–H and O–H groups in total. The monoisotopic (exact) mass is 277 g/mol. The van der Waals surface area contributed by atoms with Gasteiger partial charge in [-0.2, -0.15) is 0 Å². The Kier molecular flexibility index (Phi) is 3.90. The molecule has 1 aliphatic carbocycles. The highest BCUT2D eigenvalue weighted by atomic mass is 16.3. The van der Waals surface area contributed by atoms with Gasteiger partial charge in [-0.05, 0) is 30.5 Å². The van der Waals surface area contributed by atoms with Crippen LogP contribution in [0.4, 0.5) is 10.5 Å². The summed E-state index contributed by atoms with van der Waals surface area (Å²) in [6.07, 6.45) is 1.85. The summed E-state index contributed by atoms with van der Waals surface area (Å²) < 4.78 is 0. The molecule has 0 spiro atoms. The van der Waals surface area contributed by atoms with Crippen LogP contribution in [-0.4, -0.2) is 24.3 Å². The number of nitrogens with one attached hydrogen (secondary N) is 2. The molecule has 1 aromatic carbocycles. The van der Waals surface area contributed by atoms with Gasteiger partial charge in [0.15, 0.2) is 0 Å². The van der Waals surface area contributed by atoms with Crippen LogP contribution in [-0.2, 0) is 5.54 Å². The van der Waals surface area contributed by atoms with Crippen molar-refractivity contribution in [3.63, 3.8) is 0 Å². The minimum absolute atomic E-state index is 0.0354. The molecule has 0 bridgehead atoms. The van der Waals surface area contributed by atoms with Crippen molar-refractivity contribution in [2.45, 2.75) is 32.2 Å². The van der Waals surface area contributed by atoms with E-state index in [1.807, 2.05) is 38.1 Å². The third-order valence-electron chi connectivity index (χ3n) is 3.70. The number of benzene rings is 1. The first kappa shape index (κ1) is 14.7. The number of aliphatic hydroxyl groups is 1. The molecule has 0 atom stereocenters. The number of carbonyl (C=O) groups excluding carboxylic acids is 1. The van der Waals surface area contributed by atoms with Gasteiger partial charge in [-0.1, -0.05) is 26.0 Å². The summed E-state index contributed by atoms with van der Waals surface area (Å²) in [7, 11) is 0. The summed E-state index contributed by atoms with van der Waals surface area (Å²) in [5.74, 6) is 0. The largest absolute Gasteiger partial charge is 0.399 e. The van der Waals surface area contributed by atoms with Gasteiger partial charge in [0.2, 0.25) is 0 Å². The van der Waals surface area contributed by atoms with Crippen LogP contribution in [0.1, 0.15) is 32.3 Å². The Morgan fingerprint density at radius 3 is 2.70 bits per heavy atom. The maximum atomic E-state index is 12.0. The molecule has 110 valence electrons. The maximum Gasteiger partial charge on any atom is 0.315 e. The van der Waals surface area contributed by atoms with Crippen LogP contribution >= 0.6 is 0 Å². The van der Waals surface area contributed by atoms with E-state index in [0.717, 1.165) is 18.4 Å². The number of amides is 2. The Morgan fingerprint density at radius 2 is 2.15 bits per heavy atom. The Bertz CT molecular complexity index is 496. The second-order valence-corrected chi connectivity index (χ2v) is 6.34. The number of aliphatic hydroxyl groups excluding tert-OH is 1. The van der Waals surface area contributed by atoms with E-state index in [2.05, 4.69) is 10.6 Å². The molecule has 2 rings (SSSR count). The molecule has 0 aliphatic heterocycles. The molecule has 20 heavy (non-hydrogen) atoms. The van der Waals surface area contributed by atoms with Crippen LogP contribution < -0.4 is 16.4 Å². The Labute approximate surface area is 119 Å². The van der Waals surface area contributed by atoms with Crippen molar-refractivity contribution in [1.82, 2.24) is 10.6 Å². The van der Waals surface area contributed by atoms with E-state index < -0.39 is 0 Å². The quantitative estimate of drug-likeness (QED) is 0.616. The number of urea groups is 1. The third kappa shape index (κ3) is 3.42. The number of hydrogen-bond donors (Lipinski definition) is 4. The molecule has 2 amide bonds. The molecular weight excluding hydrogens is 254 g/mol. The van der Waals surface area contributed by atoms with E-state index in [1.165, 1.54) is 0 Å². The zero-order valence-corrected chi connectivity index (χ0v) is 12.1. The Hall–Kier alpha value is -1.75. The summed E-state index contributed by atoms with van der Waals surface area (Å²) in [5, 5.41) is 15.0. The van der Waals surface area contributed by atoms with E-state index in [0.29, 0.717) is 12.2 Å². The fourth-order valence-corrected chi connectivity index (χ4v) is 2.08. The van der Waals surface area contributed by atoms with E-state index in [1.54, 1.807) is 0 Å². The minimum atomic E-state index is -0.314. The van der Waals surface area contributed by atoms with Crippen LogP contribution in [0.15, 0.2) is 24.3 Å². The number of carbonyl (C=O) groups is 1. The Morgan fingerprint density at radius 1 is 1.45 bits per heavy atom. The van der Waals surface area contributed by atoms with Crippen LogP contribution in [0.2, 0.25) is 0 Å². The van der Waals surface area contributed by atoms with Crippen molar-refractivity contribution in [3.8, 4) is 0 Å². The van der Waals surface area contributed by atoms with Crippen molar-refractivity contribution in [3.05, 3.63) is 29.8 Å². The average molecular weight is 277 g/mol. The lowest BCUT2D eigenvalue weighted by Gasteiger charge is -2.24. The van der Waals surface area contributed by atoms with Crippen LogP contribution in [0.5, 0.6) is 0 Å². The van der Waals surface area contributed by atoms with Crippen molar-refractivity contribution in [2.75, 3.05) is 18.9 Å². The van der Waals surface area contributed by atoms with Crippen LogP contribution in [0.25, 0.3) is 0 Å². The molecular formula is C15H23N3O2. The standard InChI is InChI=1S/C15H23N3O2/c1-14(2,10-19)9-17-13(20)18-15(6-7-15)11-4-3-5-12(16)8-11/h3-5,8,19H,6-7,9-10,16H2,1-2H3,(H2,17,18,20). The minimum Gasteiger partial charge on any atom is -0.399 e. The molecule has 0 heterocycles. The normalized spacial score (nSPS) is 16.6. The molecule has 0 saturated heterocycles. The third-order valence-corrected chi connectivity index (χ3v) is 3.70. The smallest absolute Gasteiger partial charge is 0.315 e. The summed E-state index contributed by atoms with van der Waals surface area (Å²) in [5.41, 5.74) is 6.96. The van der Waals surface area contributed by atoms with Gasteiger partial charge in [-0.15, -0.1) is 0 Å². The highest BCUT2D eigenvalue weighted by molar-refractivity contribution is 5.75. The predicted octanol–water partition coefficient (Wildman–Crippen LogP) is 1.58. The number of rotatable bonds is 5. The lowest BCUT2D eigenvalue weighted by atomic mass is 9.95. The number of nitrogens with two attached hydrogens (primary N) is 1. The van der Waals surface area contributed by atoms with Crippen molar-refractivity contribution >= 4 is 11.7 Å². The first-order valence-corrected chi connectivity index (χ1v) is 6.90. The molecule has 5 heteroatoms. The van der Waals surface area contributed by atoms with Crippen LogP contribution in [0.3, 0.4) is 0 Å². The topological polar surface area (TPSA) is 87.4 Å². The fraction of sp³-hybridized carbons (Fsp3) is 0.533. The van der Waals surface area contributed by atoms with E-state index >= 15 is 0 Å². The molecule has 1 fully saturated rings. The molecule has 5 nitrogen and oxygen atoms in total. The summed E-state index contributed by atoms with van der Waals surface area (Å²) in [4.78, 5) is 12.0. The number of nitrogen functional groups attached to an aromatic ring is 1. The van der Waals surface area contributed by atoms with E-state index in [9.17, 15) is 9.90 Å². The zero-order chi connectivity index (χ0) is 14.8. The van der Waals surface area contributed by atoms with Gasteiger partial charge in [0.1, 0.15) is 0 Å². The zero-order valence-electron chi connectivity index (χ0n) is 12.1. The first-order valence-electron chi connectivity index (χ1n) is 6.90. The van der Waals surface area contributed by atoms with E-state index in [4.69, 9.17) is 5.73 Å². The van der Waals surface area contributed by atoms with Gasteiger partial charge in [-0.3, -0.25) is 0 Å². The highest BCUT2D eigenvalue weighted by Gasteiger charge is 2.45. The van der Waals surface area contributed by atoms with Crippen molar-refractivity contribution < 1.29 is 9.90 Å². The van der Waals surface area contributed by atoms with Gasteiger partial charge >= 0.3 is 6.03 Å². The molecule has 1 saturated carbocycles. The second kappa shape index (κ2) is 5.32. The second-order valence-electron chi connectivity index (χ2n) is 6.34. The maximum absolute atomic E-state index is 12.0. The molecule has 1 aliphatic rings. The number of anilines is 1. The van der Waals surface area contributed by atoms with Gasteiger partial charge in [-0.25, -0.2) is 4.79 Å². The van der Waals surface area contributed by atoms with Gasteiger partial charge in [0, 0.05) is 24.3 Å². The number of hydrogen-bond acceptors (Lipinski definition) is 3. The predicted molar refractivity (Wildman–Crippen MR) is 79.2 cm³/mol. The first-order chi connectivity index (χ1) is 9.37. The van der Waals surface area contributed by atoms with Gasteiger partial charge in [0.05, 0.1) is 5.54 Å². The fourth-order valence-electron chi connectivity index (χ4n) is 2.08. The van der Waals surface area contributed by atoms with Gasteiger partial charge in [0.25, 0.3) is 0 Å². The molecule has 1 aromatic rings. The summed E-state index contributed by atoms with van der Waals surface area (Å²) >= 11 is 0. The van der Waals surface area contributed by atoms with Crippen molar-refractivity contribution in [2.24, 2.45) is 5.41 Å². The van der Waals surface area contributed by atoms with E-state index in [-0.39, 0.29) is 23.6 Å². The average Bonchev–Trinajstić information content (AvgIpc) is 3.18. The molecule has 0 unspecified atom stereocenters. The lowest BCUT2D eigenvalue weighted by Crippen LogP contribution is -2.45. The van der Waals surface area contributed by atoms with Crippen LogP contribution in [0, 0.1) is 5.41 Å². The van der Waals surface area contributed by atoms with Gasteiger partial charge < -0.3 is 21.5 Å². The highest BCUT2D eigenvalue weighted by Crippen LogP contribution is 2.45. The summed E-state index contributed by atoms with van der Waals surface area (Å²) in [6.45, 7) is 4.27. The Balaban J connectivity index is 1.94. The van der Waals surface area contributed by atoms with Crippen molar-refractivity contribution in [1.29, 1.82) is 0 Å². The summed E-state index contributed by atoms with van der Waals surface area (Å²) in [6, 6.07) is 7.43.